The highest BCUT2D eigenvalue weighted by molar-refractivity contribution is 6.83. The highest BCUT2D eigenvalue weighted by atomic mass is 14.8. The van der Waals surface area contributed by atoms with E-state index in [-0.39, 0.29) is 6.85 Å². The summed E-state index contributed by atoms with van der Waals surface area (Å²) < 4.78 is 0. The van der Waals surface area contributed by atoms with Gasteiger partial charge in [-0.15, -0.1) is 0 Å². The first-order chi connectivity index (χ1) is 11.9. The Morgan fingerprint density at radius 3 is 2.50 bits per heavy atom. The van der Waals surface area contributed by atoms with Gasteiger partial charge in [-0.3, -0.25) is 0 Å². The molecule has 0 saturated carbocycles. The molecule has 1 aliphatic heterocycles. The fourth-order valence-corrected chi connectivity index (χ4v) is 3.29. The van der Waals surface area contributed by atoms with Crippen molar-refractivity contribution in [3.8, 4) is 0 Å². The SMILES string of the molecule is CCCCNCCCC1=Cc2ccccc2NB1c1ccccc1. The summed E-state index contributed by atoms with van der Waals surface area (Å²) in [7, 11) is 0. The van der Waals surface area contributed by atoms with Crippen LogP contribution in [0, 0.1) is 0 Å². The van der Waals surface area contributed by atoms with E-state index in [1.807, 2.05) is 0 Å². The summed E-state index contributed by atoms with van der Waals surface area (Å²) in [6.07, 6.45) is 7.22. The maximum Gasteiger partial charge on any atom is 0.316 e. The Labute approximate surface area is 146 Å². The number of benzene rings is 2. The fraction of sp³-hybridized carbons (Fsp3) is 0.333. The van der Waals surface area contributed by atoms with Gasteiger partial charge in [0.1, 0.15) is 0 Å². The van der Waals surface area contributed by atoms with E-state index >= 15 is 0 Å². The van der Waals surface area contributed by atoms with E-state index in [1.54, 1.807) is 0 Å². The van der Waals surface area contributed by atoms with Gasteiger partial charge in [-0.2, -0.15) is 0 Å². The minimum absolute atomic E-state index is 0.289. The number of fused-ring (bicyclic) bond motifs is 1. The van der Waals surface area contributed by atoms with Gasteiger partial charge in [0.05, 0.1) is 0 Å². The number of hydrogen-bond donors (Lipinski definition) is 2. The predicted molar refractivity (Wildman–Crippen MR) is 107 cm³/mol. The van der Waals surface area contributed by atoms with Crippen molar-refractivity contribution in [2.24, 2.45) is 0 Å². The zero-order valence-corrected chi connectivity index (χ0v) is 14.6. The van der Waals surface area contributed by atoms with Crippen molar-refractivity contribution < 1.29 is 0 Å². The van der Waals surface area contributed by atoms with Crippen LogP contribution >= 0.6 is 0 Å². The second kappa shape index (κ2) is 8.74. The van der Waals surface area contributed by atoms with Crippen LogP contribution in [0.25, 0.3) is 6.08 Å². The van der Waals surface area contributed by atoms with Crippen LogP contribution in [0.5, 0.6) is 0 Å². The minimum atomic E-state index is 0.289. The Balaban J connectivity index is 1.70. The van der Waals surface area contributed by atoms with E-state index in [0.29, 0.717) is 0 Å². The van der Waals surface area contributed by atoms with Gasteiger partial charge < -0.3 is 10.5 Å². The number of para-hydroxylation sites is 1. The summed E-state index contributed by atoms with van der Waals surface area (Å²) in [6.45, 7) is 4.76. The monoisotopic (exact) mass is 318 g/mol. The number of hydrogen-bond acceptors (Lipinski definition) is 2. The van der Waals surface area contributed by atoms with Crippen LogP contribution in [0.2, 0.25) is 0 Å². The normalized spacial score (nSPS) is 13.2. The molecule has 2 aromatic carbocycles. The van der Waals surface area contributed by atoms with Crippen molar-refractivity contribution in [3.63, 3.8) is 0 Å². The molecule has 0 atom stereocenters. The van der Waals surface area contributed by atoms with Crippen LogP contribution in [0.1, 0.15) is 38.2 Å². The fourth-order valence-electron chi connectivity index (χ4n) is 3.29. The second-order valence-corrected chi connectivity index (χ2v) is 6.50. The third kappa shape index (κ3) is 4.30. The molecular formula is C21H27BN2. The first kappa shape index (κ1) is 16.8. The molecule has 24 heavy (non-hydrogen) atoms. The Kier molecular flexibility index (Phi) is 6.14. The molecule has 2 aromatic rings. The molecule has 1 aliphatic rings. The number of nitrogens with one attached hydrogen (secondary N) is 2. The standard InChI is InChI=1S/C21H27BN2/c1-2-3-15-23-16-9-13-20-17-18-10-7-8-14-21(18)24-22(20)19-11-5-4-6-12-19/h4-8,10-12,14,17,23-24H,2-3,9,13,15-16H2,1H3. The average Bonchev–Trinajstić information content (AvgIpc) is 2.64. The summed E-state index contributed by atoms with van der Waals surface area (Å²) in [5.74, 6) is 0. The molecule has 3 rings (SSSR count). The summed E-state index contributed by atoms with van der Waals surface area (Å²) in [4.78, 5) is 0. The molecule has 0 unspecified atom stereocenters. The predicted octanol–water partition coefficient (Wildman–Crippen LogP) is 4.10. The van der Waals surface area contributed by atoms with Gasteiger partial charge in [0, 0.05) is 5.69 Å². The van der Waals surface area contributed by atoms with Crippen LogP contribution in [0.3, 0.4) is 0 Å². The Morgan fingerprint density at radius 1 is 0.917 bits per heavy atom. The molecule has 1 heterocycles. The molecule has 0 spiro atoms. The van der Waals surface area contributed by atoms with Crippen LogP contribution < -0.4 is 16.0 Å². The van der Waals surface area contributed by atoms with Crippen LogP contribution in [-0.4, -0.2) is 19.9 Å². The molecule has 124 valence electrons. The molecule has 0 bridgehead atoms. The van der Waals surface area contributed by atoms with Crippen molar-refractivity contribution in [2.45, 2.75) is 32.6 Å². The zero-order chi connectivity index (χ0) is 16.6. The van der Waals surface area contributed by atoms with E-state index in [0.717, 1.165) is 19.5 Å². The molecule has 3 heteroatoms. The molecule has 0 radical (unpaired) electrons. The number of unbranched alkanes of at least 4 members (excludes halogenated alkanes) is 1. The lowest BCUT2D eigenvalue weighted by Gasteiger charge is -2.26. The zero-order valence-electron chi connectivity index (χ0n) is 14.6. The van der Waals surface area contributed by atoms with E-state index in [2.05, 4.69) is 78.1 Å². The van der Waals surface area contributed by atoms with Crippen LogP contribution in [-0.2, 0) is 0 Å². The van der Waals surface area contributed by atoms with Gasteiger partial charge in [-0.25, -0.2) is 0 Å². The van der Waals surface area contributed by atoms with Gasteiger partial charge in [0.2, 0.25) is 0 Å². The van der Waals surface area contributed by atoms with Gasteiger partial charge in [-0.05, 0) is 44.0 Å². The average molecular weight is 318 g/mol. The lowest BCUT2D eigenvalue weighted by atomic mass is 9.47. The molecule has 0 fully saturated rings. The maximum atomic E-state index is 3.74. The van der Waals surface area contributed by atoms with Crippen LogP contribution in [0.4, 0.5) is 5.69 Å². The molecular weight excluding hydrogens is 291 g/mol. The van der Waals surface area contributed by atoms with E-state index in [9.17, 15) is 0 Å². The third-order valence-corrected chi connectivity index (χ3v) is 4.63. The van der Waals surface area contributed by atoms with E-state index in [4.69, 9.17) is 0 Å². The number of rotatable bonds is 8. The third-order valence-electron chi connectivity index (χ3n) is 4.63. The summed E-state index contributed by atoms with van der Waals surface area (Å²) in [5.41, 5.74) is 5.36. The molecule has 0 amide bonds. The molecule has 0 aromatic heterocycles. The van der Waals surface area contributed by atoms with E-state index < -0.39 is 0 Å². The summed E-state index contributed by atoms with van der Waals surface area (Å²) in [6, 6.07) is 19.4. The largest absolute Gasteiger partial charge is 0.420 e. The van der Waals surface area contributed by atoms with E-state index in [1.165, 1.54) is 41.4 Å². The highest BCUT2D eigenvalue weighted by Crippen LogP contribution is 2.27. The van der Waals surface area contributed by atoms with Gasteiger partial charge in [0.25, 0.3) is 0 Å². The lowest BCUT2D eigenvalue weighted by molar-refractivity contribution is 0.619. The van der Waals surface area contributed by atoms with Gasteiger partial charge in [-0.1, -0.05) is 78.9 Å². The highest BCUT2D eigenvalue weighted by Gasteiger charge is 2.26. The van der Waals surface area contributed by atoms with Crippen molar-refractivity contribution in [2.75, 3.05) is 18.3 Å². The molecule has 2 nitrogen and oxygen atoms in total. The quantitative estimate of drug-likeness (QED) is 0.565. The first-order valence-corrected chi connectivity index (χ1v) is 9.20. The second-order valence-electron chi connectivity index (χ2n) is 6.50. The van der Waals surface area contributed by atoms with Crippen molar-refractivity contribution in [1.29, 1.82) is 0 Å². The first-order valence-electron chi connectivity index (χ1n) is 9.20. The number of anilines is 1. The van der Waals surface area contributed by atoms with Gasteiger partial charge >= 0.3 is 6.85 Å². The lowest BCUT2D eigenvalue weighted by Crippen LogP contribution is -2.42. The maximum absolute atomic E-state index is 3.74. The van der Waals surface area contributed by atoms with Crippen LogP contribution in [0.15, 0.2) is 60.1 Å². The Morgan fingerprint density at radius 2 is 1.67 bits per heavy atom. The topological polar surface area (TPSA) is 24.1 Å². The Bertz CT molecular complexity index is 667. The van der Waals surface area contributed by atoms with Crippen molar-refractivity contribution >= 4 is 24.1 Å². The minimum Gasteiger partial charge on any atom is -0.420 e. The van der Waals surface area contributed by atoms with Crippen molar-refractivity contribution in [3.05, 3.63) is 65.6 Å². The van der Waals surface area contributed by atoms with Crippen molar-refractivity contribution in [1.82, 2.24) is 5.32 Å². The molecule has 0 aliphatic carbocycles. The summed E-state index contributed by atoms with van der Waals surface area (Å²) in [5, 5.41) is 7.29. The smallest absolute Gasteiger partial charge is 0.316 e. The molecule has 2 N–H and O–H groups in total. The Hall–Kier alpha value is -2.00. The van der Waals surface area contributed by atoms with Gasteiger partial charge in [0.15, 0.2) is 0 Å². The molecule has 0 saturated heterocycles. The summed E-state index contributed by atoms with van der Waals surface area (Å²) >= 11 is 0. The number of allylic oxidation sites excluding steroid dienone is 1.